The van der Waals surface area contributed by atoms with E-state index in [-0.39, 0.29) is 11.4 Å². The van der Waals surface area contributed by atoms with Crippen molar-refractivity contribution in [1.82, 2.24) is 0 Å². The maximum atomic E-state index is 13.1. The van der Waals surface area contributed by atoms with Crippen LogP contribution in [0.4, 0.5) is 0 Å². The number of Topliss-reactive ketones (excluding diaryl/α,β-unsaturated/α-hetero) is 2. The second kappa shape index (κ2) is 8.50. The number of rotatable bonds is 6. The molecule has 0 atom stereocenters. The number of allylic oxidation sites excluding steroid dienone is 2. The molecule has 3 heteroatoms. The summed E-state index contributed by atoms with van der Waals surface area (Å²) in [5.41, 5.74) is 0.997. The van der Waals surface area contributed by atoms with E-state index >= 15 is 0 Å². The summed E-state index contributed by atoms with van der Waals surface area (Å²) in [7, 11) is 0. The van der Waals surface area contributed by atoms with Crippen LogP contribution >= 0.6 is 0 Å². The third kappa shape index (κ3) is 4.01. The predicted molar refractivity (Wildman–Crippen MR) is 118 cm³/mol. The number of hydrogen-bond donors (Lipinski definition) is 0. The minimum Gasteiger partial charge on any atom is -0.289 e. The molecule has 0 heterocycles. The van der Waals surface area contributed by atoms with E-state index in [1.54, 1.807) is 72.8 Å². The Labute approximate surface area is 174 Å². The number of carbonyl (C=O) groups excluding carboxylic acids is 3. The summed E-state index contributed by atoms with van der Waals surface area (Å²) < 4.78 is 0. The zero-order valence-corrected chi connectivity index (χ0v) is 16.1. The minimum absolute atomic E-state index is 0.148. The van der Waals surface area contributed by atoms with Gasteiger partial charge in [0.05, 0.1) is 5.57 Å². The fraction of sp³-hybridized carbons (Fsp3) is 0. The standard InChI is InChI=1S/C27H18O3/c28-25(23-16-15-19-9-7-8-14-22(19)17-23)18-24(26(29)20-10-3-1-4-11-20)27(30)21-12-5-2-6-13-21/h1-18H. The Bertz CT molecular complexity index is 1220. The lowest BCUT2D eigenvalue weighted by molar-refractivity contribution is 0.0948. The third-order valence-electron chi connectivity index (χ3n) is 4.87. The van der Waals surface area contributed by atoms with Gasteiger partial charge in [-0.2, -0.15) is 0 Å². The smallest absolute Gasteiger partial charge is 0.197 e. The van der Waals surface area contributed by atoms with Crippen LogP contribution in [-0.4, -0.2) is 17.3 Å². The molecule has 0 saturated carbocycles. The summed E-state index contributed by atoms with van der Waals surface area (Å²) in [6, 6.07) is 30.1. The van der Waals surface area contributed by atoms with Crippen molar-refractivity contribution in [3.05, 3.63) is 131 Å². The summed E-state index contributed by atoms with van der Waals surface area (Å²) in [5, 5.41) is 1.93. The Morgan fingerprint density at radius 3 is 1.57 bits per heavy atom. The zero-order chi connectivity index (χ0) is 20.9. The van der Waals surface area contributed by atoms with Crippen LogP contribution < -0.4 is 0 Å². The zero-order valence-electron chi connectivity index (χ0n) is 16.1. The van der Waals surface area contributed by atoms with E-state index < -0.39 is 11.6 Å². The molecule has 0 bridgehead atoms. The van der Waals surface area contributed by atoms with Gasteiger partial charge in [-0.3, -0.25) is 14.4 Å². The fourth-order valence-corrected chi connectivity index (χ4v) is 3.28. The van der Waals surface area contributed by atoms with E-state index in [4.69, 9.17) is 0 Å². The second-order valence-electron chi connectivity index (χ2n) is 6.87. The topological polar surface area (TPSA) is 51.2 Å². The van der Waals surface area contributed by atoms with E-state index in [1.807, 2.05) is 30.3 Å². The number of carbonyl (C=O) groups is 3. The molecule has 0 aromatic heterocycles. The monoisotopic (exact) mass is 390 g/mol. The Morgan fingerprint density at radius 1 is 0.500 bits per heavy atom. The van der Waals surface area contributed by atoms with Gasteiger partial charge in [0.2, 0.25) is 0 Å². The molecule has 144 valence electrons. The average Bonchev–Trinajstić information content (AvgIpc) is 2.82. The van der Waals surface area contributed by atoms with Crippen LogP contribution in [0.1, 0.15) is 31.1 Å². The van der Waals surface area contributed by atoms with E-state index in [0.717, 1.165) is 16.8 Å². The molecule has 0 aliphatic carbocycles. The lowest BCUT2D eigenvalue weighted by Gasteiger charge is -2.07. The van der Waals surface area contributed by atoms with Crippen LogP contribution in [0.5, 0.6) is 0 Å². The van der Waals surface area contributed by atoms with Crippen molar-refractivity contribution in [2.24, 2.45) is 0 Å². The summed E-state index contributed by atoms with van der Waals surface area (Å²) in [6.07, 6.45) is 1.16. The molecule has 0 aliphatic rings. The van der Waals surface area contributed by atoms with Crippen LogP contribution in [0.25, 0.3) is 10.8 Å². The van der Waals surface area contributed by atoms with Crippen molar-refractivity contribution in [2.75, 3.05) is 0 Å². The average molecular weight is 390 g/mol. The van der Waals surface area contributed by atoms with Crippen molar-refractivity contribution < 1.29 is 14.4 Å². The molecule has 0 amide bonds. The van der Waals surface area contributed by atoms with E-state index in [0.29, 0.717) is 16.7 Å². The third-order valence-corrected chi connectivity index (χ3v) is 4.87. The van der Waals surface area contributed by atoms with Gasteiger partial charge in [-0.15, -0.1) is 0 Å². The van der Waals surface area contributed by atoms with Crippen LogP contribution in [0.2, 0.25) is 0 Å². The summed E-state index contributed by atoms with van der Waals surface area (Å²) in [5.74, 6) is -1.33. The number of benzene rings is 4. The van der Waals surface area contributed by atoms with Crippen molar-refractivity contribution in [1.29, 1.82) is 0 Å². The summed E-state index contributed by atoms with van der Waals surface area (Å²) in [6.45, 7) is 0. The molecule has 4 aromatic rings. The fourth-order valence-electron chi connectivity index (χ4n) is 3.28. The van der Waals surface area contributed by atoms with Gasteiger partial charge in [-0.05, 0) is 16.8 Å². The first-order valence-corrected chi connectivity index (χ1v) is 9.58. The first-order chi connectivity index (χ1) is 14.6. The number of ketones is 3. The van der Waals surface area contributed by atoms with Gasteiger partial charge >= 0.3 is 0 Å². The molecule has 0 unspecified atom stereocenters. The van der Waals surface area contributed by atoms with Gasteiger partial charge in [-0.25, -0.2) is 0 Å². The summed E-state index contributed by atoms with van der Waals surface area (Å²) >= 11 is 0. The highest BCUT2D eigenvalue weighted by molar-refractivity contribution is 6.33. The molecule has 4 rings (SSSR count). The van der Waals surface area contributed by atoms with E-state index in [2.05, 4.69) is 0 Å². The van der Waals surface area contributed by atoms with E-state index in [9.17, 15) is 14.4 Å². The van der Waals surface area contributed by atoms with Gasteiger partial charge in [0, 0.05) is 22.8 Å². The molecule has 4 aromatic carbocycles. The van der Waals surface area contributed by atoms with Gasteiger partial charge in [0.25, 0.3) is 0 Å². The maximum Gasteiger partial charge on any atom is 0.197 e. The minimum atomic E-state index is -0.474. The largest absolute Gasteiger partial charge is 0.289 e. The number of fused-ring (bicyclic) bond motifs is 1. The molecule has 30 heavy (non-hydrogen) atoms. The highest BCUT2D eigenvalue weighted by Crippen LogP contribution is 2.19. The van der Waals surface area contributed by atoms with Crippen molar-refractivity contribution in [3.63, 3.8) is 0 Å². The molecule has 0 aliphatic heterocycles. The predicted octanol–water partition coefficient (Wildman–Crippen LogP) is 5.71. The number of hydrogen-bond acceptors (Lipinski definition) is 3. The Kier molecular flexibility index (Phi) is 5.44. The van der Waals surface area contributed by atoms with Gasteiger partial charge in [-0.1, -0.05) is 97.1 Å². The molecule has 0 spiro atoms. The second-order valence-corrected chi connectivity index (χ2v) is 6.87. The van der Waals surface area contributed by atoms with Crippen LogP contribution in [0.3, 0.4) is 0 Å². The molecule has 3 nitrogen and oxygen atoms in total. The van der Waals surface area contributed by atoms with Gasteiger partial charge in [0.15, 0.2) is 17.3 Å². The van der Waals surface area contributed by atoms with Crippen LogP contribution in [0.15, 0.2) is 115 Å². The van der Waals surface area contributed by atoms with Crippen molar-refractivity contribution >= 4 is 28.1 Å². The quantitative estimate of drug-likeness (QED) is 0.183. The first-order valence-electron chi connectivity index (χ1n) is 9.58. The Balaban J connectivity index is 1.77. The SMILES string of the molecule is O=C(C=C(C(=O)c1ccccc1)C(=O)c1ccccc1)c1ccc2ccccc2c1. The van der Waals surface area contributed by atoms with E-state index in [1.165, 1.54) is 0 Å². The molecular weight excluding hydrogens is 372 g/mol. The molecule has 0 radical (unpaired) electrons. The Hall–Kier alpha value is -4.11. The van der Waals surface area contributed by atoms with Crippen molar-refractivity contribution in [3.8, 4) is 0 Å². The molecular formula is C27H18O3. The normalized spacial score (nSPS) is 10.4. The van der Waals surface area contributed by atoms with Gasteiger partial charge < -0.3 is 0 Å². The lowest BCUT2D eigenvalue weighted by atomic mass is 9.93. The first kappa shape index (κ1) is 19.2. The summed E-state index contributed by atoms with van der Waals surface area (Å²) in [4.78, 5) is 39.2. The highest BCUT2D eigenvalue weighted by atomic mass is 16.2. The highest BCUT2D eigenvalue weighted by Gasteiger charge is 2.22. The van der Waals surface area contributed by atoms with Crippen LogP contribution in [0, 0.1) is 0 Å². The van der Waals surface area contributed by atoms with Crippen molar-refractivity contribution in [2.45, 2.75) is 0 Å². The molecule has 0 fully saturated rings. The maximum absolute atomic E-state index is 13.1. The lowest BCUT2D eigenvalue weighted by Crippen LogP contribution is -2.15. The van der Waals surface area contributed by atoms with Crippen LogP contribution in [-0.2, 0) is 0 Å². The molecule has 0 N–H and O–H groups in total. The van der Waals surface area contributed by atoms with Gasteiger partial charge in [0.1, 0.15) is 0 Å². The molecule has 0 saturated heterocycles. The Morgan fingerprint density at radius 2 is 1.00 bits per heavy atom.